The van der Waals surface area contributed by atoms with Crippen molar-refractivity contribution in [1.29, 1.82) is 0 Å². The first-order chi connectivity index (χ1) is 9.13. The highest BCUT2D eigenvalue weighted by Crippen LogP contribution is 2.13. The summed E-state index contributed by atoms with van der Waals surface area (Å²) in [5.74, 6) is 0.751. The molecule has 3 nitrogen and oxygen atoms in total. The van der Waals surface area contributed by atoms with Crippen molar-refractivity contribution in [3.63, 3.8) is 0 Å². The molecule has 4 heteroatoms. The summed E-state index contributed by atoms with van der Waals surface area (Å²) in [6.45, 7) is 2.43. The Bertz CT molecular complexity index is 545. The summed E-state index contributed by atoms with van der Waals surface area (Å²) in [5.41, 5.74) is 8.24. The van der Waals surface area contributed by atoms with Crippen LogP contribution in [0.3, 0.4) is 0 Å². The highest BCUT2D eigenvalue weighted by molar-refractivity contribution is 6.30. The van der Waals surface area contributed by atoms with E-state index < -0.39 is 0 Å². The first kappa shape index (κ1) is 13.8. The molecule has 2 N–H and O–H groups in total. The van der Waals surface area contributed by atoms with Crippen molar-refractivity contribution in [1.82, 2.24) is 4.98 Å². The summed E-state index contributed by atoms with van der Waals surface area (Å²) in [7, 11) is 0. The van der Waals surface area contributed by atoms with E-state index in [1.807, 2.05) is 37.3 Å². The molecule has 0 fully saturated rings. The summed E-state index contributed by atoms with van der Waals surface area (Å²) >= 11 is 5.94. The van der Waals surface area contributed by atoms with Crippen molar-refractivity contribution in [2.45, 2.75) is 19.4 Å². The standard InChI is InChI=1S/C15H17ClN2O/c1-11-5-15(9-18-8-11)19-10-14(17)7-12-3-2-4-13(16)6-12/h2-6,8-9,14H,7,10,17H2,1H3. The Labute approximate surface area is 118 Å². The molecule has 0 bridgehead atoms. The lowest BCUT2D eigenvalue weighted by Crippen LogP contribution is -2.30. The van der Waals surface area contributed by atoms with Gasteiger partial charge in [-0.2, -0.15) is 0 Å². The van der Waals surface area contributed by atoms with Crippen LogP contribution in [0.1, 0.15) is 11.1 Å². The fraction of sp³-hybridized carbons (Fsp3) is 0.267. The molecule has 1 aromatic carbocycles. The molecule has 1 aromatic heterocycles. The molecule has 0 aliphatic carbocycles. The summed E-state index contributed by atoms with van der Waals surface area (Å²) in [6.07, 6.45) is 4.22. The molecule has 0 aliphatic heterocycles. The highest BCUT2D eigenvalue weighted by Gasteiger charge is 2.06. The van der Waals surface area contributed by atoms with Crippen LogP contribution in [0, 0.1) is 6.92 Å². The van der Waals surface area contributed by atoms with Crippen LogP contribution in [0.5, 0.6) is 5.75 Å². The van der Waals surface area contributed by atoms with Gasteiger partial charge in [-0.1, -0.05) is 23.7 Å². The number of aromatic nitrogens is 1. The van der Waals surface area contributed by atoms with E-state index in [4.69, 9.17) is 22.1 Å². The van der Waals surface area contributed by atoms with Crippen molar-refractivity contribution in [3.05, 3.63) is 58.9 Å². The Balaban J connectivity index is 1.86. The number of rotatable bonds is 5. The van der Waals surface area contributed by atoms with Gasteiger partial charge in [0.2, 0.25) is 0 Å². The Morgan fingerprint density at radius 1 is 1.32 bits per heavy atom. The minimum Gasteiger partial charge on any atom is -0.490 e. The second-order valence-electron chi connectivity index (χ2n) is 4.60. The first-order valence-corrected chi connectivity index (χ1v) is 6.56. The SMILES string of the molecule is Cc1cncc(OCC(N)Cc2cccc(Cl)c2)c1. The van der Waals surface area contributed by atoms with Crippen LogP contribution in [-0.2, 0) is 6.42 Å². The molecule has 2 rings (SSSR count). The molecule has 0 spiro atoms. The normalized spacial score (nSPS) is 12.2. The Morgan fingerprint density at radius 3 is 2.89 bits per heavy atom. The van der Waals surface area contributed by atoms with Gasteiger partial charge in [-0.05, 0) is 42.7 Å². The van der Waals surface area contributed by atoms with Gasteiger partial charge in [0.15, 0.2) is 0 Å². The number of hydrogen-bond donors (Lipinski definition) is 1. The molecule has 100 valence electrons. The van der Waals surface area contributed by atoms with Crippen molar-refractivity contribution in [3.8, 4) is 5.75 Å². The molecule has 1 atom stereocenters. The first-order valence-electron chi connectivity index (χ1n) is 6.18. The van der Waals surface area contributed by atoms with E-state index >= 15 is 0 Å². The summed E-state index contributed by atoms with van der Waals surface area (Å²) in [4.78, 5) is 4.07. The van der Waals surface area contributed by atoms with Crippen LogP contribution < -0.4 is 10.5 Å². The van der Waals surface area contributed by atoms with Crippen molar-refractivity contribution in [2.24, 2.45) is 5.73 Å². The molecule has 2 aromatic rings. The maximum Gasteiger partial charge on any atom is 0.137 e. The van der Waals surface area contributed by atoms with Gasteiger partial charge in [0.25, 0.3) is 0 Å². The largest absolute Gasteiger partial charge is 0.490 e. The quantitative estimate of drug-likeness (QED) is 0.913. The predicted octanol–water partition coefficient (Wildman–Crippen LogP) is 2.99. The van der Waals surface area contributed by atoms with E-state index in [9.17, 15) is 0 Å². The lowest BCUT2D eigenvalue weighted by molar-refractivity contribution is 0.286. The molecule has 19 heavy (non-hydrogen) atoms. The third-order valence-electron chi connectivity index (χ3n) is 2.70. The van der Waals surface area contributed by atoms with Gasteiger partial charge in [0, 0.05) is 17.3 Å². The lowest BCUT2D eigenvalue weighted by Gasteiger charge is -2.13. The van der Waals surface area contributed by atoms with Crippen molar-refractivity contribution < 1.29 is 4.74 Å². The van der Waals surface area contributed by atoms with E-state index in [1.165, 1.54) is 0 Å². The number of aryl methyl sites for hydroxylation is 1. The number of benzene rings is 1. The molecular weight excluding hydrogens is 260 g/mol. The molecule has 0 amide bonds. The topological polar surface area (TPSA) is 48.1 Å². The zero-order chi connectivity index (χ0) is 13.7. The van der Waals surface area contributed by atoms with Crippen LogP contribution >= 0.6 is 11.6 Å². The number of ether oxygens (including phenoxy) is 1. The molecule has 1 heterocycles. The van der Waals surface area contributed by atoms with Crippen LogP contribution in [-0.4, -0.2) is 17.6 Å². The fourth-order valence-electron chi connectivity index (χ4n) is 1.84. The molecular formula is C15H17ClN2O. The average molecular weight is 277 g/mol. The molecule has 0 aliphatic rings. The second kappa shape index (κ2) is 6.55. The van der Waals surface area contributed by atoms with Crippen LogP contribution in [0.15, 0.2) is 42.7 Å². The zero-order valence-electron chi connectivity index (χ0n) is 10.8. The summed E-state index contributed by atoms with van der Waals surface area (Å²) < 4.78 is 5.63. The summed E-state index contributed by atoms with van der Waals surface area (Å²) in [5, 5.41) is 0.730. The molecule has 0 saturated carbocycles. The Hall–Kier alpha value is -1.58. The van der Waals surface area contributed by atoms with Crippen LogP contribution in [0.2, 0.25) is 5.02 Å². The lowest BCUT2D eigenvalue weighted by atomic mass is 10.1. The van der Waals surface area contributed by atoms with E-state index in [2.05, 4.69) is 4.98 Å². The van der Waals surface area contributed by atoms with Gasteiger partial charge in [-0.3, -0.25) is 4.98 Å². The third-order valence-corrected chi connectivity index (χ3v) is 2.94. The fourth-order valence-corrected chi connectivity index (χ4v) is 2.05. The van der Waals surface area contributed by atoms with Gasteiger partial charge >= 0.3 is 0 Å². The van der Waals surface area contributed by atoms with E-state index in [0.29, 0.717) is 6.61 Å². The van der Waals surface area contributed by atoms with Crippen molar-refractivity contribution in [2.75, 3.05) is 6.61 Å². The number of nitrogens with zero attached hydrogens (tertiary/aromatic N) is 1. The smallest absolute Gasteiger partial charge is 0.137 e. The molecule has 1 unspecified atom stereocenters. The van der Waals surface area contributed by atoms with Gasteiger partial charge < -0.3 is 10.5 Å². The molecule has 0 saturated heterocycles. The van der Waals surface area contributed by atoms with Crippen LogP contribution in [0.25, 0.3) is 0 Å². The van der Waals surface area contributed by atoms with E-state index in [1.54, 1.807) is 12.4 Å². The summed E-state index contributed by atoms with van der Waals surface area (Å²) in [6, 6.07) is 9.59. The maximum absolute atomic E-state index is 6.05. The Morgan fingerprint density at radius 2 is 2.16 bits per heavy atom. The van der Waals surface area contributed by atoms with Gasteiger partial charge in [-0.15, -0.1) is 0 Å². The predicted molar refractivity (Wildman–Crippen MR) is 77.6 cm³/mol. The maximum atomic E-state index is 6.05. The number of halogens is 1. The van der Waals surface area contributed by atoms with Crippen molar-refractivity contribution >= 4 is 11.6 Å². The van der Waals surface area contributed by atoms with Gasteiger partial charge in [0.1, 0.15) is 12.4 Å². The number of pyridine rings is 1. The van der Waals surface area contributed by atoms with E-state index in [0.717, 1.165) is 28.3 Å². The average Bonchev–Trinajstić information content (AvgIpc) is 2.36. The minimum atomic E-state index is -0.0704. The minimum absolute atomic E-state index is 0.0704. The third kappa shape index (κ3) is 4.54. The monoisotopic (exact) mass is 276 g/mol. The zero-order valence-corrected chi connectivity index (χ0v) is 11.6. The van der Waals surface area contributed by atoms with Crippen LogP contribution in [0.4, 0.5) is 0 Å². The van der Waals surface area contributed by atoms with Gasteiger partial charge in [0.05, 0.1) is 6.20 Å². The number of nitrogens with two attached hydrogens (primary N) is 1. The molecule has 0 radical (unpaired) electrons. The second-order valence-corrected chi connectivity index (χ2v) is 5.04. The van der Waals surface area contributed by atoms with E-state index in [-0.39, 0.29) is 6.04 Å². The van der Waals surface area contributed by atoms with Gasteiger partial charge in [-0.25, -0.2) is 0 Å². The number of hydrogen-bond acceptors (Lipinski definition) is 3. The highest BCUT2D eigenvalue weighted by atomic mass is 35.5. The Kier molecular flexibility index (Phi) is 4.77.